The Hall–Kier alpha value is -3.03. The first-order chi connectivity index (χ1) is 12.7. The van der Waals surface area contributed by atoms with E-state index in [2.05, 4.69) is 36.4 Å². The molecule has 0 fully saturated rings. The molecule has 0 heterocycles. The third kappa shape index (κ3) is 3.22. The molecule has 0 aliphatic carbocycles. The Bertz CT molecular complexity index is 1040. The number of hydrogen-bond donors (Lipinski definition) is 1. The maximum atomic E-state index is 6.44. The quantitative estimate of drug-likeness (QED) is 0.396. The van der Waals surface area contributed by atoms with Gasteiger partial charge in [-0.05, 0) is 46.0 Å². The molecule has 0 aliphatic heterocycles. The number of nitrogen functional groups attached to an aromatic ring is 1. The molecule has 2 N–H and O–H groups in total. The van der Waals surface area contributed by atoms with Crippen molar-refractivity contribution in [3.8, 4) is 33.4 Å². The van der Waals surface area contributed by atoms with Crippen LogP contribution >= 0.6 is 11.6 Å². The molecule has 0 aromatic heterocycles. The SMILES string of the molecule is Nc1cc(-c2ccccc2)ccc1-c1ccccc1-c1ccc(Cl)cc1. The fraction of sp³-hybridized carbons (Fsp3) is 0. The fourth-order valence-corrected chi connectivity index (χ4v) is 3.34. The van der Waals surface area contributed by atoms with Crippen molar-refractivity contribution < 1.29 is 0 Å². The second kappa shape index (κ2) is 7.07. The average Bonchev–Trinajstić information content (AvgIpc) is 2.69. The number of hydrogen-bond acceptors (Lipinski definition) is 1. The fourth-order valence-electron chi connectivity index (χ4n) is 3.22. The third-order valence-electron chi connectivity index (χ3n) is 4.53. The summed E-state index contributed by atoms with van der Waals surface area (Å²) in [6.45, 7) is 0. The average molecular weight is 356 g/mol. The molecule has 0 amide bonds. The van der Waals surface area contributed by atoms with Crippen LogP contribution in [0.15, 0.2) is 97.1 Å². The monoisotopic (exact) mass is 355 g/mol. The second-order valence-electron chi connectivity index (χ2n) is 6.22. The topological polar surface area (TPSA) is 26.0 Å². The van der Waals surface area contributed by atoms with Crippen LogP contribution in [-0.4, -0.2) is 0 Å². The van der Waals surface area contributed by atoms with Crippen molar-refractivity contribution in [3.63, 3.8) is 0 Å². The highest BCUT2D eigenvalue weighted by Crippen LogP contribution is 2.37. The number of nitrogens with two attached hydrogens (primary N) is 1. The lowest BCUT2D eigenvalue weighted by Gasteiger charge is -2.14. The number of anilines is 1. The summed E-state index contributed by atoms with van der Waals surface area (Å²) in [4.78, 5) is 0. The molecule has 0 unspecified atom stereocenters. The Balaban J connectivity index is 1.80. The Morgan fingerprint density at radius 3 is 1.81 bits per heavy atom. The summed E-state index contributed by atoms with van der Waals surface area (Å²) in [5, 5.41) is 0.734. The summed E-state index contributed by atoms with van der Waals surface area (Å²) in [7, 11) is 0. The van der Waals surface area contributed by atoms with Crippen molar-refractivity contribution in [1.82, 2.24) is 0 Å². The molecule has 2 heteroatoms. The van der Waals surface area contributed by atoms with Gasteiger partial charge in [-0.1, -0.05) is 90.5 Å². The smallest absolute Gasteiger partial charge is 0.0406 e. The molecule has 0 bridgehead atoms. The highest BCUT2D eigenvalue weighted by molar-refractivity contribution is 6.30. The predicted octanol–water partition coefficient (Wildman–Crippen LogP) is 6.92. The summed E-state index contributed by atoms with van der Waals surface area (Å²) in [5.41, 5.74) is 13.9. The predicted molar refractivity (Wildman–Crippen MR) is 112 cm³/mol. The van der Waals surface area contributed by atoms with Gasteiger partial charge in [0.05, 0.1) is 0 Å². The minimum atomic E-state index is 0.734. The van der Waals surface area contributed by atoms with Gasteiger partial charge in [0, 0.05) is 16.3 Å². The van der Waals surface area contributed by atoms with Gasteiger partial charge in [0.25, 0.3) is 0 Å². The van der Waals surface area contributed by atoms with Gasteiger partial charge >= 0.3 is 0 Å². The van der Waals surface area contributed by atoms with Crippen LogP contribution in [0.5, 0.6) is 0 Å². The highest BCUT2D eigenvalue weighted by Gasteiger charge is 2.10. The van der Waals surface area contributed by atoms with Crippen molar-refractivity contribution in [2.45, 2.75) is 0 Å². The molecule has 26 heavy (non-hydrogen) atoms. The summed E-state index contributed by atoms with van der Waals surface area (Å²) < 4.78 is 0. The normalized spacial score (nSPS) is 10.7. The number of halogens is 1. The standard InChI is InChI=1S/C24H18ClN/c25-20-13-10-18(11-14-20)21-8-4-5-9-22(21)23-15-12-19(16-24(23)26)17-6-2-1-3-7-17/h1-16H,26H2. The molecule has 126 valence electrons. The summed E-state index contributed by atoms with van der Waals surface area (Å²) in [6.07, 6.45) is 0. The Kier molecular flexibility index (Phi) is 4.47. The van der Waals surface area contributed by atoms with E-state index < -0.39 is 0 Å². The van der Waals surface area contributed by atoms with Gasteiger partial charge in [-0.2, -0.15) is 0 Å². The van der Waals surface area contributed by atoms with E-state index in [9.17, 15) is 0 Å². The molecule has 4 rings (SSSR count). The van der Waals surface area contributed by atoms with Crippen LogP contribution in [-0.2, 0) is 0 Å². The molecule has 0 radical (unpaired) electrons. The van der Waals surface area contributed by atoms with Crippen LogP contribution in [0.25, 0.3) is 33.4 Å². The molecular formula is C24H18ClN. The van der Waals surface area contributed by atoms with Crippen LogP contribution in [0.3, 0.4) is 0 Å². The maximum absolute atomic E-state index is 6.44. The van der Waals surface area contributed by atoms with Crippen LogP contribution in [0.2, 0.25) is 5.02 Å². The molecular weight excluding hydrogens is 338 g/mol. The molecule has 4 aromatic rings. The van der Waals surface area contributed by atoms with E-state index in [-0.39, 0.29) is 0 Å². The number of rotatable bonds is 3. The third-order valence-corrected chi connectivity index (χ3v) is 4.78. The summed E-state index contributed by atoms with van der Waals surface area (Å²) in [6, 6.07) is 32.8. The minimum Gasteiger partial charge on any atom is -0.398 e. The molecule has 0 saturated carbocycles. The first-order valence-corrected chi connectivity index (χ1v) is 8.90. The molecule has 0 saturated heterocycles. The van der Waals surface area contributed by atoms with Crippen LogP contribution in [0, 0.1) is 0 Å². The van der Waals surface area contributed by atoms with Crippen molar-refractivity contribution in [2.75, 3.05) is 5.73 Å². The molecule has 4 aromatic carbocycles. The van der Waals surface area contributed by atoms with Gasteiger partial charge < -0.3 is 5.73 Å². The van der Waals surface area contributed by atoms with Crippen molar-refractivity contribution >= 4 is 17.3 Å². The largest absolute Gasteiger partial charge is 0.398 e. The lowest BCUT2D eigenvalue weighted by Crippen LogP contribution is -1.93. The van der Waals surface area contributed by atoms with E-state index in [1.165, 1.54) is 0 Å². The van der Waals surface area contributed by atoms with Gasteiger partial charge in [-0.15, -0.1) is 0 Å². The van der Waals surface area contributed by atoms with E-state index in [0.29, 0.717) is 0 Å². The lowest BCUT2D eigenvalue weighted by atomic mass is 9.92. The number of benzene rings is 4. The zero-order valence-corrected chi connectivity index (χ0v) is 14.9. The van der Waals surface area contributed by atoms with Gasteiger partial charge in [-0.3, -0.25) is 0 Å². The zero-order chi connectivity index (χ0) is 17.9. The molecule has 0 atom stereocenters. The van der Waals surface area contributed by atoms with Crippen LogP contribution in [0.4, 0.5) is 5.69 Å². The van der Waals surface area contributed by atoms with E-state index in [1.54, 1.807) is 0 Å². The Labute approximate surface area is 158 Å². The van der Waals surface area contributed by atoms with E-state index in [0.717, 1.165) is 44.1 Å². The van der Waals surface area contributed by atoms with Crippen molar-refractivity contribution in [2.24, 2.45) is 0 Å². The summed E-state index contributed by atoms with van der Waals surface area (Å²) in [5.74, 6) is 0. The lowest BCUT2D eigenvalue weighted by molar-refractivity contribution is 1.56. The van der Waals surface area contributed by atoms with Gasteiger partial charge in [0.1, 0.15) is 0 Å². The van der Waals surface area contributed by atoms with Crippen molar-refractivity contribution in [3.05, 3.63) is 102 Å². The van der Waals surface area contributed by atoms with E-state index in [4.69, 9.17) is 17.3 Å². The minimum absolute atomic E-state index is 0.734. The second-order valence-corrected chi connectivity index (χ2v) is 6.66. The van der Waals surface area contributed by atoms with Crippen molar-refractivity contribution in [1.29, 1.82) is 0 Å². The Morgan fingerprint density at radius 2 is 1.12 bits per heavy atom. The zero-order valence-electron chi connectivity index (χ0n) is 14.2. The summed E-state index contributed by atoms with van der Waals surface area (Å²) >= 11 is 6.04. The first-order valence-electron chi connectivity index (χ1n) is 8.53. The first kappa shape index (κ1) is 16.4. The van der Waals surface area contributed by atoms with Crippen LogP contribution < -0.4 is 5.73 Å². The van der Waals surface area contributed by atoms with Gasteiger partial charge in [0.15, 0.2) is 0 Å². The van der Waals surface area contributed by atoms with Crippen LogP contribution in [0.1, 0.15) is 0 Å². The maximum Gasteiger partial charge on any atom is 0.0406 e. The Morgan fingerprint density at radius 1 is 0.500 bits per heavy atom. The van der Waals surface area contributed by atoms with E-state index in [1.807, 2.05) is 60.7 Å². The molecule has 1 nitrogen and oxygen atoms in total. The van der Waals surface area contributed by atoms with E-state index >= 15 is 0 Å². The molecule has 0 spiro atoms. The van der Waals surface area contributed by atoms with Gasteiger partial charge in [-0.25, -0.2) is 0 Å². The van der Waals surface area contributed by atoms with Gasteiger partial charge in [0.2, 0.25) is 0 Å². The highest BCUT2D eigenvalue weighted by atomic mass is 35.5. The molecule has 0 aliphatic rings.